The Morgan fingerprint density at radius 1 is 0.971 bits per heavy atom. The van der Waals surface area contributed by atoms with Crippen LogP contribution >= 0.6 is 0 Å². The summed E-state index contributed by atoms with van der Waals surface area (Å²) in [6.45, 7) is 3.84. The van der Waals surface area contributed by atoms with Gasteiger partial charge in [0.25, 0.3) is 15.9 Å². The summed E-state index contributed by atoms with van der Waals surface area (Å²) in [5.41, 5.74) is 3.76. The second-order valence-electron chi connectivity index (χ2n) is 8.01. The molecule has 0 radical (unpaired) electrons. The number of ether oxygens (including phenoxy) is 1. The number of methoxy groups -OCH3 is 1. The van der Waals surface area contributed by atoms with Gasteiger partial charge in [0.15, 0.2) is 0 Å². The number of hydrogen-bond donors (Lipinski definition) is 1. The smallest absolute Gasteiger partial charge is 0.264 e. The lowest BCUT2D eigenvalue weighted by atomic mass is 10.2. The lowest BCUT2D eigenvalue weighted by molar-refractivity contribution is 0.102. The number of nitrogens with zero attached hydrogens (tertiary/aromatic N) is 3. The van der Waals surface area contributed by atoms with E-state index in [4.69, 9.17) is 4.74 Å². The Balaban J connectivity index is 1.61. The van der Waals surface area contributed by atoms with Crippen LogP contribution in [-0.4, -0.2) is 38.3 Å². The van der Waals surface area contributed by atoms with Crippen LogP contribution < -0.4 is 14.4 Å². The van der Waals surface area contributed by atoms with Gasteiger partial charge in [-0.3, -0.25) is 9.10 Å². The first-order valence-electron chi connectivity index (χ1n) is 10.9. The Morgan fingerprint density at radius 2 is 1.69 bits per heavy atom. The number of amides is 1. The molecule has 0 aliphatic heterocycles. The monoisotopic (exact) mass is 490 g/mol. The summed E-state index contributed by atoms with van der Waals surface area (Å²) < 4.78 is 34.6. The van der Waals surface area contributed by atoms with Gasteiger partial charge >= 0.3 is 0 Å². The minimum absolute atomic E-state index is 0.00954. The molecule has 0 spiro atoms. The number of para-hydroxylation sites is 2. The lowest BCUT2D eigenvalue weighted by Crippen LogP contribution is -2.26. The molecule has 0 bridgehead atoms. The molecule has 0 unspecified atom stereocenters. The van der Waals surface area contributed by atoms with Crippen LogP contribution in [0.25, 0.3) is 5.69 Å². The molecule has 9 heteroatoms. The second-order valence-corrected chi connectivity index (χ2v) is 9.98. The fraction of sp³-hybridized carbons (Fsp3) is 0.154. The molecular weight excluding hydrogens is 464 g/mol. The van der Waals surface area contributed by atoms with Crippen molar-refractivity contribution < 1.29 is 17.9 Å². The molecule has 4 rings (SSSR count). The molecule has 4 aromatic rings. The van der Waals surface area contributed by atoms with Gasteiger partial charge in [0.05, 0.1) is 34.8 Å². The van der Waals surface area contributed by atoms with Crippen molar-refractivity contribution >= 4 is 27.3 Å². The van der Waals surface area contributed by atoms with E-state index in [0.717, 1.165) is 17.1 Å². The number of aryl methyl sites for hydroxylation is 2. The third kappa shape index (κ3) is 4.90. The Labute approximate surface area is 204 Å². The van der Waals surface area contributed by atoms with Gasteiger partial charge in [-0.2, -0.15) is 5.10 Å². The standard InChI is InChI=1S/C26H26N4O4S/c1-18-16-19(2)30(28-18)25-11-6-5-10-24(25)27-26(31)20-8-7-9-23(17-20)35(32,33)29(3)21-12-14-22(34-4)15-13-21/h5-17H,1-4H3,(H,27,31). The SMILES string of the molecule is COc1ccc(N(C)S(=O)(=O)c2cccc(C(=O)Nc3ccccc3-n3nc(C)cc3C)c2)cc1. The molecule has 0 saturated heterocycles. The van der Waals surface area contributed by atoms with Gasteiger partial charge in [-0.05, 0) is 74.5 Å². The quantitative estimate of drug-likeness (QED) is 0.409. The van der Waals surface area contributed by atoms with E-state index in [9.17, 15) is 13.2 Å². The summed E-state index contributed by atoms with van der Waals surface area (Å²) in [6.07, 6.45) is 0. The number of anilines is 2. The zero-order valence-electron chi connectivity index (χ0n) is 19.9. The van der Waals surface area contributed by atoms with Crippen LogP contribution in [0.3, 0.4) is 0 Å². The average molecular weight is 491 g/mol. The van der Waals surface area contributed by atoms with Gasteiger partial charge in [0.2, 0.25) is 0 Å². The summed E-state index contributed by atoms with van der Waals surface area (Å²) in [5, 5.41) is 7.39. The van der Waals surface area contributed by atoms with Gasteiger partial charge in [-0.1, -0.05) is 18.2 Å². The lowest BCUT2D eigenvalue weighted by Gasteiger charge is -2.20. The third-order valence-corrected chi connectivity index (χ3v) is 7.36. The van der Waals surface area contributed by atoms with E-state index in [2.05, 4.69) is 10.4 Å². The van der Waals surface area contributed by atoms with Gasteiger partial charge in [-0.15, -0.1) is 0 Å². The van der Waals surface area contributed by atoms with Crippen molar-refractivity contribution in [1.82, 2.24) is 9.78 Å². The molecule has 0 aliphatic rings. The van der Waals surface area contributed by atoms with E-state index in [1.165, 1.54) is 23.5 Å². The van der Waals surface area contributed by atoms with E-state index in [1.807, 2.05) is 38.1 Å². The zero-order valence-corrected chi connectivity index (χ0v) is 20.7. The summed E-state index contributed by atoms with van der Waals surface area (Å²) in [6, 6.07) is 21.9. The number of nitrogens with one attached hydrogen (secondary N) is 1. The van der Waals surface area contributed by atoms with Crippen LogP contribution in [0.5, 0.6) is 5.75 Å². The fourth-order valence-corrected chi connectivity index (χ4v) is 4.96. The molecule has 0 fully saturated rings. The van der Waals surface area contributed by atoms with Crippen LogP contribution in [0.15, 0.2) is 83.8 Å². The Hall–Kier alpha value is -4.11. The second kappa shape index (κ2) is 9.63. The molecule has 0 atom stereocenters. The highest BCUT2D eigenvalue weighted by atomic mass is 32.2. The molecule has 0 aliphatic carbocycles. The number of sulfonamides is 1. The number of carbonyl (C=O) groups excluding carboxylic acids is 1. The van der Waals surface area contributed by atoms with Crippen LogP contribution in [0, 0.1) is 13.8 Å². The zero-order chi connectivity index (χ0) is 25.2. The maximum Gasteiger partial charge on any atom is 0.264 e. The van der Waals surface area contributed by atoms with E-state index >= 15 is 0 Å². The average Bonchev–Trinajstić information content (AvgIpc) is 3.21. The fourth-order valence-electron chi connectivity index (χ4n) is 3.72. The first kappa shape index (κ1) is 24.0. The van der Waals surface area contributed by atoms with Crippen molar-refractivity contribution in [1.29, 1.82) is 0 Å². The molecule has 180 valence electrons. The molecule has 1 N–H and O–H groups in total. The highest BCUT2D eigenvalue weighted by Crippen LogP contribution is 2.26. The van der Waals surface area contributed by atoms with E-state index in [-0.39, 0.29) is 10.5 Å². The first-order valence-corrected chi connectivity index (χ1v) is 12.3. The highest BCUT2D eigenvalue weighted by Gasteiger charge is 2.23. The van der Waals surface area contributed by atoms with Crippen molar-refractivity contribution in [3.05, 3.63) is 95.8 Å². The van der Waals surface area contributed by atoms with Crippen LogP contribution in [0.4, 0.5) is 11.4 Å². The van der Waals surface area contributed by atoms with Gasteiger partial charge in [-0.25, -0.2) is 13.1 Å². The van der Waals surface area contributed by atoms with Crippen LogP contribution in [0.1, 0.15) is 21.7 Å². The number of rotatable bonds is 7. The van der Waals surface area contributed by atoms with Crippen molar-refractivity contribution in [3.8, 4) is 11.4 Å². The van der Waals surface area contributed by atoms with E-state index in [1.54, 1.807) is 54.3 Å². The molecule has 3 aromatic carbocycles. The molecule has 1 heterocycles. The van der Waals surface area contributed by atoms with Crippen LogP contribution in [-0.2, 0) is 10.0 Å². The van der Waals surface area contributed by atoms with E-state index in [0.29, 0.717) is 17.1 Å². The maximum absolute atomic E-state index is 13.3. The summed E-state index contributed by atoms with van der Waals surface area (Å²) >= 11 is 0. The molecule has 8 nitrogen and oxygen atoms in total. The Morgan fingerprint density at radius 3 is 2.34 bits per heavy atom. The minimum atomic E-state index is -3.90. The van der Waals surface area contributed by atoms with Crippen molar-refractivity contribution in [2.75, 3.05) is 23.8 Å². The molecule has 1 aromatic heterocycles. The number of benzene rings is 3. The van der Waals surface area contributed by atoms with Gasteiger partial charge in [0, 0.05) is 18.3 Å². The molecule has 1 amide bonds. The number of hydrogen-bond acceptors (Lipinski definition) is 5. The predicted octanol–water partition coefficient (Wildman–Crippen LogP) is 4.58. The maximum atomic E-state index is 13.3. The summed E-state index contributed by atoms with van der Waals surface area (Å²) in [7, 11) is -0.886. The van der Waals surface area contributed by atoms with Crippen molar-refractivity contribution in [2.45, 2.75) is 18.7 Å². The Bertz CT molecular complexity index is 1480. The number of carbonyl (C=O) groups is 1. The Kier molecular flexibility index (Phi) is 6.61. The predicted molar refractivity (Wildman–Crippen MR) is 136 cm³/mol. The third-order valence-electron chi connectivity index (χ3n) is 5.58. The summed E-state index contributed by atoms with van der Waals surface area (Å²) in [4.78, 5) is 13.1. The molecule has 35 heavy (non-hydrogen) atoms. The number of aromatic nitrogens is 2. The van der Waals surface area contributed by atoms with Gasteiger partial charge in [0.1, 0.15) is 5.75 Å². The van der Waals surface area contributed by atoms with Crippen LogP contribution in [0.2, 0.25) is 0 Å². The minimum Gasteiger partial charge on any atom is -0.497 e. The highest BCUT2D eigenvalue weighted by molar-refractivity contribution is 7.92. The molecule has 0 saturated carbocycles. The van der Waals surface area contributed by atoms with Crippen molar-refractivity contribution in [2.24, 2.45) is 0 Å². The normalized spacial score (nSPS) is 11.2. The summed E-state index contributed by atoms with van der Waals surface area (Å²) in [5.74, 6) is 0.196. The topological polar surface area (TPSA) is 93.5 Å². The largest absolute Gasteiger partial charge is 0.497 e. The van der Waals surface area contributed by atoms with Crippen molar-refractivity contribution in [3.63, 3.8) is 0 Å². The first-order chi connectivity index (χ1) is 16.7. The van der Waals surface area contributed by atoms with E-state index < -0.39 is 15.9 Å². The molecular formula is C26H26N4O4S. The van der Waals surface area contributed by atoms with Gasteiger partial charge < -0.3 is 10.1 Å².